The van der Waals surface area contributed by atoms with E-state index in [1.54, 1.807) is 28.6 Å². The Kier molecular flexibility index (Phi) is 6.22. The highest BCUT2D eigenvalue weighted by Crippen LogP contribution is 2.29. The molecule has 1 aliphatic heterocycles. The molecule has 0 unspecified atom stereocenters. The van der Waals surface area contributed by atoms with Crippen LogP contribution in [0.3, 0.4) is 0 Å². The van der Waals surface area contributed by atoms with Crippen LogP contribution in [0.1, 0.15) is 47.0 Å². The first kappa shape index (κ1) is 19.1. The lowest BCUT2D eigenvalue weighted by Gasteiger charge is -2.37. The molecule has 5 nitrogen and oxygen atoms in total. The molecule has 0 amide bonds. The fourth-order valence-electron chi connectivity index (χ4n) is 3.13. The van der Waals surface area contributed by atoms with E-state index < -0.39 is 10.0 Å². The minimum atomic E-state index is -3.47. The quantitative estimate of drug-likeness (QED) is 0.797. The topological polar surface area (TPSA) is 61.4 Å². The van der Waals surface area contributed by atoms with Crippen molar-refractivity contribution in [2.45, 2.75) is 70.0 Å². The van der Waals surface area contributed by atoms with E-state index in [-0.39, 0.29) is 18.1 Å². The van der Waals surface area contributed by atoms with Gasteiger partial charge in [-0.3, -0.25) is 0 Å². The molecule has 1 aromatic carbocycles. The maximum Gasteiger partial charge on any atom is 0.243 e. The third kappa shape index (κ3) is 4.46. The van der Waals surface area contributed by atoms with Crippen molar-refractivity contribution in [1.29, 1.82) is 0 Å². The molecule has 2 atom stereocenters. The van der Waals surface area contributed by atoms with E-state index in [0.717, 1.165) is 24.9 Å². The van der Waals surface area contributed by atoms with Crippen molar-refractivity contribution in [3.05, 3.63) is 24.3 Å². The molecule has 0 bridgehead atoms. The number of hydrogen-bond acceptors (Lipinski definition) is 3. The Morgan fingerprint density at radius 3 is 2.21 bits per heavy atom. The average molecular weight is 370 g/mol. The van der Waals surface area contributed by atoms with Crippen molar-refractivity contribution in [3.63, 3.8) is 0 Å². The Hall–Kier alpha value is -1.18. The second-order valence-corrected chi connectivity index (χ2v) is 8.99. The zero-order valence-corrected chi connectivity index (χ0v) is 16.4. The number of nitrogens with one attached hydrogen (secondary N) is 2. The van der Waals surface area contributed by atoms with Crippen LogP contribution in [0.25, 0.3) is 0 Å². The summed E-state index contributed by atoms with van der Waals surface area (Å²) in [5, 5.41) is 6.68. The Morgan fingerprint density at radius 2 is 1.71 bits per heavy atom. The van der Waals surface area contributed by atoms with Crippen LogP contribution >= 0.6 is 12.2 Å². The molecule has 24 heavy (non-hydrogen) atoms. The predicted molar refractivity (Wildman–Crippen MR) is 103 cm³/mol. The van der Waals surface area contributed by atoms with Gasteiger partial charge in [0.1, 0.15) is 0 Å². The normalized spacial score (nSPS) is 22.4. The van der Waals surface area contributed by atoms with E-state index in [9.17, 15) is 8.42 Å². The van der Waals surface area contributed by atoms with Gasteiger partial charge in [-0.25, -0.2) is 8.42 Å². The van der Waals surface area contributed by atoms with Gasteiger partial charge in [0.25, 0.3) is 0 Å². The molecular formula is C17H27N3O2S2. The number of nitrogens with zero attached hydrogens (tertiary/aromatic N) is 1. The highest BCUT2D eigenvalue weighted by molar-refractivity contribution is 7.89. The van der Waals surface area contributed by atoms with Crippen LogP contribution in [-0.4, -0.2) is 36.0 Å². The van der Waals surface area contributed by atoms with Crippen LogP contribution in [0.4, 0.5) is 5.69 Å². The molecule has 0 spiro atoms. The molecule has 0 aliphatic carbocycles. The van der Waals surface area contributed by atoms with Crippen molar-refractivity contribution >= 4 is 33.0 Å². The van der Waals surface area contributed by atoms with E-state index in [4.69, 9.17) is 12.2 Å². The third-order valence-corrected chi connectivity index (χ3v) is 6.58. The van der Waals surface area contributed by atoms with Gasteiger partial charge >= 0.3 is 0 Å². The van der Waals surface area contributed by atoms with Gasteiger partial charge in [-0.2, -0.15) is 4.31 Å². The number of rotatable bonds is 4. The number of thiocarbonyl (C=S) groups is 1. The Morgan fingerprint density at radius 1 is 1.17 bits per heavy atom. The lowest BCUT2D eigenvalue weighted by atomic mass is 10.0. The summed E-state index contributed by atoms with van der Waals surface area (Å²) in [6.07, 6.45) is 2.91. The summed E-state index contributed by atoms with van der Waals surface area (Å²) in [5.41, 5.74) is 0.770. The van der Waals surface area contributed by atoms with Gasteiger partial charge < -0.3 is 10.6 Å². The van der Waals surface area contributed by atoms with E-state index in [0.29, 0.717) is 10.0 Å². The summed E-state index contributed by atoms with van der Waals surface area (Å²) in [7, 11) is -3.47. The average Bonchev–Trinajstić information content (AvgIpc) is 2.46. The van der Waals surface area contributed by atoms with Crippen molar-refractivity contribution in [2.24, 2.45) is 0 Å². The van der Waals surface area contributed by atoms with E-state index in [1.165, 1.54) is 0 Å². The second kappa shape index (κ2) is 7.80. The molecule has 1 aliphatic rings. The van der Waals surface area contributed by atoms with Gasteiger partial charge in [-0.05, 0) is 77.0 Å². The van der Waals surface area contributed by atoms with Crippen LogP contribution in [0.5, 0.6) is 0 Å². The first-order valence-electron chi connectivity index (χ1n) is 8.43. The number of piperidine rings is 1. The lowest BCUT2D eigenvalue weighted by Crippen LogP contribution is -2.47. The van der Waals surface area contributed by atoms with Gasteiger partial charge in [0.2, 0.25) is 10.0 Å². The Balaban J connectivity index is 2.15. The zero-order valence-electron chi connectivity index (χ0n) is 14.7. The molecule has 1 aromatic rings. The van der Waals surface area contributed by atoms with Crippen molar-refractivity contribution in [3.8, 4) is 0 Å². The minimum absolute atomic E-state index is 0.0411. The predicted octanol–water partition coefficient (Wildman–Crippen LogP) is 3.33. The lowest BCUT2D eigenvalue weighted by molar-refractivity contribution is 0.204. The molecule has 2 rings (SSSR count). The number of anilines is 1. The SMILES string of the molecule is CC(C)NC(=S)Nc1ccc(S(=O)(=O)N2[C@H](C)CCC[C@H]2C)cc1. The van der Waals surface area contributed by atoms with Gasteiger partial charge in [-0.15, -0.1) is 0 Å². The highest BCUT2D eigenvalue weighted by Gasteiger charge is 2.35. The van der Waals surface area contributed by atoms with Crippen molar-refractivity contribution < 1.29 is 8.42 Å². The molecule has 0 aromatic heterocycles. The summed E-state index contributed by atoms with van der Waals surface area (Å²) < 4.78 is 27.6. The largest absolute Gasteiger partial charge is 0.360 e. The van der Waals surface area contributed by atoms with Crippen LogP contribution in [0.15, 0.2) is 29.2 Å². The Bertz CT molecular complexity index is 662. The molecule has 1 heterocycles. The Labute approximate surface area is 150 Å². The number of benzene rings is 1. The third-order valence-electron chi connectivity index (χ3n) is 4.22. The van der Waals surface area contributed by atoms with E-state index >= 15 is 0 Å². The summed E-state index contributed by atoms with van der Waals surface area (Å²) in [5.74, 6) is 0. The fraction of sp³-hybridized carbons (Fsp3) is 0.588. The molecule has 1 fully saturated rings. The first-order valence-corrected chi connectivity index (χ1v) is 10.3. The monoisotopic (exact) mass is 369 g/mol. The molecule has 0 radical (unpaired) electrons. The van der Waals surface area contributed by atoms with Crippen molar-refractivity contribution in [1.82, 2.24) is 9.62 Å². The van der Waals surface area contributed by atoms with Gasteiger partial charge in [-0.1, -0.05) is 6.42 Å². The molecule has 0 saturated carbocycles. The molecule has 2 N–H and O–H groups in total. The van der Waals surface area contributed by atoms with Gasteiger partial charge in [0.05, 0.1) is 4.90 Å². The number of sulfonamides is 1. The smallest absolute Gasteiger partial charge is 0.243 e. The summed E-state index contributed by atoms with van der Waals surface area (Å²) in [4.78, 5) is 0.330. The molecule has 7 heteroatoms. The summed E-state index contributed by atoms with van der Waals surface area (Å²) in [6.45, 7) is 7.98. The molecule has 1 saturated heterocycles. The molecular weight excluding hydrogens is 342 g/mol. The summed E-state index contributed by atoms with van der Waals surface area (Å²) in [6, 6.07) is 7.11. The van der Waals surface area contributed by atoms with Crippen LogP contribution in [0, 0.1) is 0 Å². The minimum Gasteiger partial charge on any atom is -0.360 e. The van der Waals surface area contributed by atoms with Gasteiger partial charge in [0.15, 0.2) is 5.11 Å². The molecule has 134 valence electrons. The van der Waals surface area contributed by atoms with E-state index in [2.05, 4.69) is 10.6 Å². The maximum absolute atomic E-state index is 13.0. The van der Waals surface area contributed by atoms with Crippen LogP contribution in [0.2, 0.25) is 0 Å². The zero-order chi connectivity index (χ0) is 17.9. The summed E-state index contributed by atoms with van der Waals surface area (Å²) >= 11 is 5.20. The van der Waals surface area contributed by atoms with Gasteiger partial charge in [0, 0.05) is 23.8 Å². The second-order valence-electron chi connectivity index (χ2n) is 6.74. The maximum atomic E-state index is 13.0. The standard InChI is InChI=1S/C17H27N3O2S2/c1-12(2)18-17(23)19-15-8-10-16(11-9-15)24(21,22)20-13(3)6-5-7-14(20)4/h8-14H,5-7H2,1-4H3,(H2,18,19,23)/t13-,14-/m1/s1. The van der Waals surface area contributed by atoms with Crippen LogP contribution < -0.4 is 10.6 Å². The number of hydrogen-bond donors (Lipinski definition) is 2. The van der Waals surface area contributed by atoms with Crippen molar-refractivity contribution in [2.75, 3.05) is 5.32 Å². The van der Waals surface area contributed by atoms with Crippen LogP contribution in [-0.2, 0) is 10.0 Å². The van der Waals surface area contributed by atoms with E-state index in [1.807, 2.05) is 27.7 Å². The first-order chi connectivity index (χ1) is 11.2. The fourth-order valence-corrected chi connectivity index (χ4v) is 5.37. The highest BCUT2D eigenvalue weighted by atomic mass is 32.2.